The maximum absolute atomic E-state index is 9.72. The Kier molecular flexibility index (Phi) is 2.94. The molecule has 0 bridgehead atoms. The number of aliphatic hydroxyl groups is 1. The minimum absolute atomic E-state index is 0.0241. The molecule has 3 nitrogen and oxygen atoms in total. The van der Waals surface area contributed by atoms with Crippen molar-refractivity contribution in [3.8, 4) is 6.07 Å². The predicted molar refractivity (Wildman–Crippen MR) is 51.1 cm³/mol. The van der Waals surface area contributed by atoms with Crippen LogP contribution < -0.4 is 0 Å². The van der Waals surface area contributed by atoms with Gasteiger partial charge in [-0.05, 0) is 6.92 Å². The van der Waals surface area contributed by atoms with Gasteiger partial charge in [0.15, 0.2) is 0 Å². The van der Waals surface area contributed by atoms with Gasteiger partial charge in [-0.25, -0.2) is 0 Å². The summed E-state index contributed by atoms with van der Waals surface area (Å²) < 4.78 is 0. The largest absolute Gasteiger partial charge is 0.391 e. The average Bonchev–Trinajstić information content (AvgIpc) is 2.27. The molecule has 1 aliphatic heterocycles. The summed E-state index contributed by atoms with van der Waals surface area (Å²) in [7, 11) is 0. The van der Waals surface area contributed by atoms with Crippen LogP contribution in [0.1, 0.15) is 27.2 Å². The first-order chi connectivity index (χ1) is 5.97. The van der Waals surface area contributed by atoms with Crippen LogP contribution in [0, 0.1) is 16.7 Å². The Morgan fingerprint density at radius 1 is 1.69 bits per heavy atom. The molecule has 1 aliphatic rings. The van der Waals surface area contributed by atoms with Crippen LogP contribution in [0.3, 0.4) is 0 Å². The molecule has 0 radical (unpaired) electrons. The lowest BCUT2D eigenvalue weighted by Crippen LogP contribution is -2.31. The molecule has 0 aromatic rings. The smallest absolute Gasteiger partial charge is 0.0730 e. The molecule has 1 rings (SSSR count). The quantitative estimate of drug-likeness (QED) is 0.692. The average molecular weight is 182 g/mol. The van der Waals surface area contributed by atoms with Crippen LogP contribution in [0.25, 0.3) is 0 Å². The molecule has 1 heterocycles. The van der Waals surface area contributed by atoms with Crippen molar-refractivity contribution in [2.24, 2.45) is 5.41 Å². The van der Waals surface area contributed by atoms with E-state index in [0.29, 0.717) is 13.0 Å². The summed E-state index contributed by atoms with van der Waals surface area (Å²) in [5.41, 5.74) is -0.0241. The molecule has 2 atom stereocenters. The van der Waals surface area contributed by atoms with Crippen molar-refractivity contribution in [3.63, 3.8) is 0 Å². The number of nitriles is 1. The maximum atomic E-state index is 9.72. The number of aliphatic hydroxyl groups excluding tert-OH is 1. The van der Waals surface area contributed by atoms with Gasteiger partial charge in [-0.1, -0.05) is 13.8 Å². The Bertz CT molecular complexity index is 219. The standard InChI is InChI=1S/C10H18N2O/c1-8(4-5-11)12-6-9(13)10(2,3)7-12/h8-9,13H,4,6-7H2,1-3H3. The summed E-state index contributed by atoms with van der Waals surface area (Å²) in [4.78, 5) is 2.19. The zero-order chi connectivity index (χ0) is 10.1. The molecule has 0 aromatic heterocycles. The van der Waals surface area contributed by atoms with E-state index >= 15 is 0 Å². The normalized spacial score (nSPS) is 29.9. The lowest BCUT2D eigenvalue weighted by Gasteiger charge is -2.23. The molecule has 13 heavy (non-hydrogen) atoms. The first-order valence-corrected chi connectivity index (χ1v) is 4.76. The molecule has 0 saturated carbocycles. The molecule has 2 unspecified atom stereocenters. The number of hydrogen-bond donors (Lipinski definition) is 1. The van der Waals surface area contributed by atoms with Crippen molar-refractivity contribution >= 4 is 0 Å². The number of nitrogens with zero attached hydrogens (tertiary/aromatic N) is 2. The summed E-state index contributed by atoms with van der Waals surface area (Å²) in [6, 6.07) is 2.43. The summed E-state index contributed by atoms with van der Waals surface area (Å²) >= 11 is 0. The molecule has 1 saturated heterocycles. The molecule has 0 aromatic carbocycles. The van der Waals surface area contributed by atoms with Crippen molar-refractivity contribution in [2.45, 2.75) is 39.3 Å². The van der Waals surface area contributed by atoms with Gasteiger partial charge in [0.25, 0.3) is 0 Å². The number of rotatable bonds is 2. The van der Waals surface area contributed by atoms with Crippen molar-refractivity contribution in [1.29, 1.82) is 5.26 Å². The fraction of sp³-hybridized carbons (Fsp3) is 0.900. The molecule has 1 fully saturated rings. The Morgan fingerprint density at radius 2 is 2.31 bits per heavy atom. The highest BCUT2D eigenvalue weighted by Crippen LogP contribution is 2.30. The van der Waals surface area contributed by atoms with Crippen molar-refractivity contribution in [1.82, 2.24) is 4.90 Å². The first-order valence-electron chi connectivity index (χ1n) is 4.76. The van der Waals surface area contributed by atoms with E-state index in [0.717, 1.165) is 6.54 Å². The summed E-state index contributed by atoms with van der Waals surface area (Å²) in [5.74, 6) is 0. The van der Waals surface area contributed by atoms with Gasteiger partial charge in [0, 0.05) is 24.5 Å². The summed E-state index contributed by atoms with van der Waals surface area (Å²) in [6.07, 6.45) is 0.289. The van der Waals surface area contributed by atoms with Gasteiger partial charge in [-0.2, -0.15) is 5.26 Å². The van der Waals surface area contributed by atoms with E-state index in [9.17, 15) is 5.11 Å². The van der Waals surface area contributed by atoms with E-state index in [1.807, 2.05) is 6.92 Å². The fourth-order valence-corrected chi connectivity index (χ4v) is 1.76. The van der Waals surface area contributed by atoms with Crippen LogP contribution in [0.4, 0.5) is 0 Å². The van der Waals surface area contributed by atoms with Gasteiger partial charge in [-0.15, -0.1) is 0 Å². The van der Waals surface area contributed by atoms with E-state index in [1.165, 1.54) is 0 Å². The fourth-order valence-electron chi connectivity index (χ4n) is 1.76. The van der Waals surface area contributed by atoms with Gasteiger partial charge in [0.05, 0.1) is 18.6 Å². The minimum Gasteiger partial charge on any atom is -0.391 e. The minimum atomic E-state index is -0.256. The predicted octanol–water partition coefficient (Wildman–Crippen LogP) is 0.991. The molecule has 0 spiro atoms. The molecule has 74 valence electrons. The van der Waals surface area contributed by atoms with Gasteiger partial charge < -0.3 is 5.11 Å². The third-order valence-electron chi connectivity index (χ3n) is 2.93. The molecular formula is C10H18N2O. The van der Waals surface area contributed by atoms with Crippen LogP contribution in [0.15, 0.2) is 0 Å². The van der Waals surface area contributed by atoms with Crippen LogP contribution >= 0.6 is 0 Å². The highest BCUT2D eigenvalue weighted by atomic mass is 16.3. The monoisotopic (exact) mass is 182 g/mol. The van der Waals surface area contributed by atoms with Crippen LogP contribution in [0.5, 0.6) is 0 Å². The zero-order valence-electron chi connectivity index (χ0n) is 8.62. The van der Waals surface area contributed by atoms with E-state index in [1.54, 1.807) is 0 Å². The first kappa shape index (κ1) is 10.5. The molecule has 1 N–H and O–H groups in total. The molecular weight excluding hydrogens is 164 g/mol. The molecule has 0 aliphatic carbocycles. The molecule has 0 amide bonds. The second-order valence-electron chi connectivity index (χ2n) is 4.65. The van der Waals surface area contributed by atoms with E-state index < -0.39 is 0 Å². The van der Waals surface area contributed by atoms with Crippen molar-refractivity contribution < 1.29 is 5.11 Å². The van der Waals surface area contributed by atoms with Crippen LogP contribution in [0.2, 0.25) is 0 Å². The highest BCUT2D eigenvalue weighted by Gasteiger charge is 2.39. The maximum Gasteiger partial charge on any atom is 0.0730 e. The van der Waals surface area contributed by atoms with Crippen molar-refractivity contribution in [2.75, 3.05) is 13.1 Å². The SMILES string of the molecule is CC(CC#N)N1CC(O)C(C)(C)C1. The zero-order valence-corrected chi connectivity index (χ0v) is 8.62. The Labute approximate surface area is 80.0 Å². The van der Waals surface area contributed by atoms with E-state index in [4.69, 9.17) is 5.26 Å². The second-order valence-corrected chi connectivity index (χ2v) is 4.65. The van der Waals surface area contributed by atoms with Crippen molar-refractivity contribution in [3.05, 3.63) is 0 Å². The Balaban J connectivity index is 2.54. The van der Waals surface area contributed by atoms with Crippen LogP contribution in [-0.4, -0.2) is 35.2 Å². The summed E-state index contributed by atoms with van der Waals surface area (Å²) in [6.45, 7) is 7.76. The third-order valence-corrected chi connectivity index (χ3v) is 2.93. The van der Waals surface area contributed by atoms with Gasteiger partial charge in [0.2, 0.25) is 0 Å². The van der Waals surface area contributed by atoms with Crippen LogP contribution in [-0.2, 0) is 0 Å². The lowest BCUT2D eigenvalue weighted by molar-refractivity contribution is 0.0951. The summed E-state index contributed by atoms with van der Waals surface area (Å²) in [5, 5.41) is 18.3. The van der Waals surface area contributed by atoms with Gasteiger partial charge >= 0.3 is 0 Å². The highest BCUT2D eigenvalue weighted by molar-refractivity contribution is 4.94. The van der Waals surface area contributed by atoms with E-state index in [-0.39, 0.29) is 17.6 Å². The third kappa shape index (κ3) is 2.20. The second kappa shape index (κ2) is 3.65. The lowest BCUT2D eigenvalue weighted by atomic mass is 9.90. The Hall–Kier alpha value is -0.590. The number of hydrogen-bond acceptors (Lipinski definition) is 3. The van der Waals surface area contributed by atoms with Gasteiger partial charge in [-0.3, -0.25) is 4.90 Å². The molecule has 3 heteroatoms. The number of β-amino-alcohol motifs (C(OH)–C–C–N with tert-alkyl or cyclic N) is 1. The van der Waals surface area contributed by atoms with Gasteiger partial charge in [0.1, 0.15) is 0 Å². The number of likely N-dealkylation sites (tertiary alicyclic amines) is 1. The Morgan fingerprint density at radius 3 is 2.69 bits per heavy atom. The van der Waals surface area contributed by atoms with E-state index in [2.05, 4.69) is 24.8 Å². The topological polar surface area (TPSA) is 47.3 Å².